The summed E-state index contributed by atoms with van der Waals surface area (Å²) in [6.07, 6.45) is 21.6. The summed E-state index contributed by atoms with van der Waals surface area (Å²) in [5.74, 6) is 0.503. The molecule has 2 aliphatic carbocycles. The summed E-state index contributed by atoms with van der Waals surface area (Å²) in [5.41, 5.74) is 12.6. The monoisotopic (exact) mass is 758 g/mol. The van der Waals surface area contributed by atoms with E-state index in [-0.39, 0.29) is 11.2 Å². The van der Waals surface area contributed by atoms with E-state index < -0.39 is 8.07 Å². The number of hydrogen-bond acceptors (Lipinski definition) is 2. The van der Waals surface area contributed by atoms with Crippen LogP contribution in [0.3, 0.4) is 0 Å². The largest absolute Gasteiger partial charge is 0.376 e. The number of allylic oxidation sites excluding steroid dienone is 5. The zero-order chi connectivity index (χ0) is 39.4. The van der Waals surface area contributed by atoms with Crippen molar-refractivity contribution in [3.05, 3.63) is 101 Å². The molecule has 4 aromatic rings. The van der Waals surface area contributed by atoms with E-state index in [9.17, 15) is 0 Å². The fourth-order valence-electron chi connectivity index (χ4n) is 9.40. The van der Waals surface area contributed by atoms with Gasteiger partial charge in [0.1, 0.15) is 0 Å². The Morgan fingerprint density at radius 2 is 1.38 bits per heavy atom. The molecule has 0 fully saturated rings. The van der Waals surface area contributed by atoms with Gasteiger partial charge in [-0.05, 0) is 119 Å². The van der Waals surface area contributed by atoms with Crippen LogP contribution in [0.2, 0.25) is 18.1 Å². The minimum absolute atomic E-state index is 0.0382. The second-order valence-electron chi connectivity index (χ2n) is 19.2. The Morgan fingerprint density at radius 3 is 2.07 bits per heavy atom. The molecule has 0 aliphatic heterocycles. The highest BCUT2D eigenvalue weighted by molar-refractivity contribution is 6.83. The zero-order valence-electron chi connectivity index (χ0n) is 36.1. The van der Waals surface area contributed by atoms with E-state index in [4.69, 9.17) is 9.47 Å². The highest BCUT2D eigenvalue weighted by Gasteiger charge is 2.47. The number of benzene rings is 3. The number of aromatic nitrogens is 1. The molecule has 0 spiro atoms. The molecule has 3 nitrogen and oxygen atoms in total. The minimum atomic E-state index is -1.97. The zero-order valence-corrected chi connectivity index (χ0v) is 37.1. The number of hydrogen-bond donors (Lipinski definition) is 0. The molecule has 55 heavy (non-hydrogen) atoms. The molecular weight excluding hydrogens is 687 g/mol. The van der Waals surface area contributed by atoms with Crippen LogP contribution in [0.4, 0.5) is 0 Å². The third-order valence-corrected chi connectivity index (χ3v) is 17.6. The predicted molar refractivity (Wildman–Crippen MR) is 242 cm³/mol. The number of unbranched alkanes of at least 4 members (excludes halogenated alkanes) is 6. The smallest absolute Gasteiger partial charge is 0.0740 e. The second-order valence-corrected chi connectivity index (χ2v) is 24.0. The number of ether oxygens (including phenoxy) is 2. The normalized spacial score (nSPS) is 18.4. The summed E-state index contributed by atoms with van der Waals surface area (Å²) in [6.45, 7) is 22.3. The first-order valence-corrected chi connectivity index (χ1v) is 24.5. The molecule has 3 aromatic carbocycles. The predicted octanol–water partition coefficient (Wildman–Crippen LogP) is 14.8. The van der Waals surface area contributed by atoms with E-state index in [0.717, 1.165) is 26.1 Å². The summed E-state index contributed by atoms with van der Waals surface area (Å²) in [6, 6.07) is 24.6. The third kappa shape index (κ3) is 9.86. The molecule has 0 radical (unpaired) electrons. The Balaban J connectivity index is 1.27. The molecular formula is C51H71NO2Si. The summed E-state index contributed by atoms with van der Waals surface area (Å²) < 4.78 is 14.4. The molecule has 3 atom stereocenters. The van der Waals surface area contributed by atoms with Crippen molar-refractivity contribution < 1.29 is 9.47 Å². The highest BCUT2D eigenvalue weighted by Crippen LogP contribution is 2.54. The van der Waals surface area contributed by atoms with Gasteiger partial charge in [0.05, 0.1) is 19.3 Å². The fraction of sp³-hybridized carbons (Fsp3) is 0.529. The van der Waals surface area contributed by atoms with Crippen LogP contribution >= 0.6 is 0 Å². The SMILES string of the molecule is CC(C)C1=Cc2c(-c3ccc4c(c3)c3ccccc3n4C)cccc2C1[Si](C)(CCCCCCOC(C)(C)C)C1C=CC(CCCCCCOC(C)(C)C)=C1. The Morgan fingerprint density at radius 1 is 0.727 bits per heavy atom. The van der Waals surface area contributed by atoms with Crippen LogP contribution in [0.25, 0.3) is 39.0 Å². The van der Waals surface area contributed by atoms with Crippen molar-refractivity contribution in [2.75, 3.05) is 13.2 Å². The van der Waals surface area contributed by atoms with Gasteiger partial charge in [-0.1, -0.05) is 136 Å². The summed E-state index contributed by atoms with van der Waals surface area (Å²) in [7, 11) is 0.228. The topological polar surface area (TPSA) is 23.4 Å². The Labute approximate surface area is 335 Å². The number of aryl methyl sites for hydroxylation is 1. The van der Waals surface area contributed by atoms with Crippen molar-refractivity contribution in [3.8, 4) is 11.1 Å². The average molecular weight is 758 g/mol. The second kappa shape index (κ2) is 17.5. The lowest BCUT2D eigenvalue weighted by atomic mass is 9.95. The van der Waals surface area contributed by atoms with E-state index in [1.807, 2.05) is 0 Å². The fourth-order valence-corrected chi connectivity index (χ4v) is 14.7. The van der Waals surface area contributed by atoms with Crippen molar-refractivity contribution >= 4 is 36.0 Å². The van der Waals surface area contributed by atoms with Crippen molar-refractivity contribution in [1.82, 2.24) is 4.57 Å². The Kier molecular flexibility index (Phi) is 13.2. The van der Waals surface area contributed by atoms with Gasteiger partial charge in [-0.15, -0.1) is 0 Å². The maximum Gasteiger partial charge on any atom is 0.0740 e. The molecule has 1 aromatic heterocycles. The molecule has 296 valence electrons. The van der Waals surface area contributed by atoms with Gasteiger partial charge in [0.15, 0.2) is 0 Å². The van der Waals surface area contributed by atoms with Crippen molar-refractivity contribution in [2.45, 2.75) is 148 Å². The lowest BCUT2D eigenvalue weighted by molar-refractivity contribution is -0.00509. The van der Waals surface area contributed by atoms with E-state index in [0.29, 0.717) is 17.0 Å². The molecule has 0 saturated heterocycles. The first-order chi connectivity index (χ1) is 26.2. The lowest BCUT2D eigenvalue weighted by Gasteiger charge is -2.41. The molecule has 0 saturated carbocycles. The van der Waals surface area contributed by atoms with Gasteiger partial charge in [-0.2, -0.15) is 0 Å². The van der Waals surface area contributed by atoms with Crippen molar-refractivity contribution in [3.63, 3.8) is 0 Å². The van der Waals surface area contributed by atoms with Gasteiger partial charge in [0, 0.05) is 47.6 Å². The van der Waals surface area contributed by atoms with Crippen LogP contribution in [-0.4, -0.2) is 37.1 Å². The van der Waals surface area contributed by atoms with Crippen LogP contribution in [0, 0.1) is 5.92 Å². The first-order valence-electron chi connectivity index (χ1n) is 21.6. The summed E-state index contributed by atoms with van der Waals surface area (Å²) in [5, 5.41) is 2.68. The number of para-hydroxylation sites is 1. The summed E-state index contributed by atoms with van der Waals surface area (Å²) in [4.78, 5) is 0. The van der Waals surface area contributed by atoms with Gasteiger partial charge >= 0.3 is 0 Å². The van der Waals surface area contributed by atoms with Gasteiger partial charge in [0.2, 0.25) is 0 Å². The molecule has 1 heterocycles. The van der Waals surface area contributed by atoms with Gasteiger partial charge in [0.25, 0.3) is 0 Å². The van der Waals surface area contributed by atoms with Crippen LogP contribution in [-0.2, 0) is 16.5 Å². The maximum atomic E-state index is 6.07. The van der Waals surface area contributed by atoms with E-state index in [1.54, 1.807) is 16.7 Å². The molecule has 3 unspecified atom stereocenters. The van der Waals surface area contributed by atoms with Crippen LogP contribution in [0.1, 0.15) is 130 Å². The first kappa shape index (κ1) is 41.5. The minimum Gasteiger partial charge on any atom is -0.376 e. The Bertz CT molecular complexity index is 2010. The highest BCUT2D eigenvalue weighted by atomic mass is 28.3. The molecule has 4 heteroatoms. The van der Waals surface area contributed by atoms with E-state index in [2.05, 4.69) is 159 Å². The summed E-state index contributed by atoms with van der Waals surface area (Å²) >= 11 is 0. The average Bonchev–Trinajstić information content (AvgIpc) is 3.85. The number of nitrogens with zero attached hydrogens (tertiary/aromatic N) is 1. The molecule has 6 rings (SSSR count). The molecule has 0 amide bonds. The van der Waals surface area contributed by atoms with Crippen LogP contribution in [0.15, 0.2) is 90.0 Å². The quantitative estimate of drug-likeness (QED) is 0.0745. The van der Waals surface area contributed by atoms with Crippen molar-refractivity contribution in [2.24, 2.45) is 13.0 Å². The van der Waals surface area contributed by atoms with Crippen LogP contribution in [0.5, 0.6) is 0 Å². The van der Waals surface area contributed by atoms with E-state index >= 15 is 0 Å². The molecule has 0 N–H and O–H groups in total. The maximum absolute atomic E-state index is 6.07. The molecule has 0 bridgehead atoms. The van der Waals surface area contributed by atoms with Crippen molar-refractivity contribution in [1.29, 1.82) is 0 Å². The third-order valence-electron chi connectivity index (χ3n) is 12.4. The number of rotatable bonds is 18. The van der Waals surface area contributed by atoms with Gasteiger partial charge in [-0.25, -0.2) is 0 Å². The molecule has 2 aliphatic rings. The van der Waals surface area contributed by atoms with Gasteiger partial charge in [-0.3, -0.25) is 0 Å². The van der Waals surface area contributed by atoms with Crippen LogP contribution < -0.4 is 0 Å². The number of fused-ring (bicyclic) bond motifs is 4. The van der Waals surface area contributed by atoms with Gasteiger partial charge < -0.3 is 14.0 Å². The standard InChI is InChI=1S/C51H71NO2Si/c1-37(2)44-36-45-41(39-28-30-48-46(35-39)42-23-16-17-26-47(42)52(48)9)24-21-25-43(45)49(44)55(10,33-20-14-13-19-32-54-51(6,7)8)40-29-27-38(34-40)22-15-11-12-18-31-53-50(3,4)5/h16-17,21,23-30,34-37,40,49H,11-15,18-20,22,31-33H2,1-10H3. The van der Waals surface area contributed by atoms with E-state index in [1.165, 1.54) is 89.5 Å². The Hall–Kier alpha value is -3.18. The lowest BCUT2D eigenvalue weighted by Crippen LogP contribution is -2.43.